The average molecular weight is 668 g/mol. The first-order valence-electron chi connectivity index (χ1n) is 16.2. The fraction of sp³-hybridized carbons (Fsp3) is 0.486. The zero-order valence-electron chi connectivity index (χ0n) is 26.0. The SMILES string of the molecule is O=C(NCCCC(CO)c1ccc(Cl)c(CNC2(c3cnccc3-c3ccccc3OC3CC3)CC2)c1)C1OC(O)C(O)C(O)C1O. The van der Waals surface area contributed by atoms with Crippen LogP contribution in [-0.2, 0) is 21.6 Å². The zero-order chi connectivity index (χ0) is 33.1. The summed E-state index contributed by atoms with van der Waals surface area (Å²) in [4.78, 5) is 17.0. The van der Waals surface area contributed by atoms with Gasteiger partial charge < -0.3 is 45.6 Å². The molecule has 3 aliphatic rings. The van der Waals surface area contributed by atoms with E-state index in [-0.39, 0.29) is 30.7 Å². The molecule has 1 aromatic heterocycles. The molecule has 0 spiro atoms. The molecule has 12 heteroatoms. The lowest BCUT2D eigenvalue weighted by molar-refractivity contribution is -0.275. The molecule has 11 nitrogen and oxygen atoms in total. The maximum atomic E-state index is 12.5. The standard InChI is InChI=1S/C35H42ClN3O8/c36-27-10-7-20(21(19-40)4-3-14-38-33(44)32-30(42)29(41)31(43)34(45)47-32)16-22(27)17-39-35(12-13-35)26-18-37-15-11-24(26)25-5-1-2-6-28(25)46-23-8-9-23/h1-2,5-7,10-11,15-16,18,21,23,29-32,34,39-43,45H,3-4,8-9,12-14,17,19H2,(H,38,44). The van der Waals surface area contributed by atoms with Crippen LogP contribution in [0, 0.1) is 0 Å². The van der Waals surface area contributed by atoms with Gasteiger partial charge in [-0.2, -0.15) is 0 Å². The van der Waals surface area contributed by atoms with Crippen molar-refractivity contribution in [2.45, 2.75) is 93.3 Å². The van der Waals surface area contributed by atoms with Crippen LogP contribution in [0.1, 0.15) is 61.1 Å². The lowest BCUT2D eigenvalue weighted by atomic mass is 9.92. The quantitative estimate of drug-likeness (QED) is 0.127. The predicted molar refractivity (Wildman–Crippen MR) is 173 cm³/mol. The van der Waals surface area contributed by atoms with Gasteiger partial charge in [0.15, 0.2) is 12.4 Å². The number of rotatable bonds is 14. The Balaban J connectivity index is 1.08. The lowest BCUT2D eigenvalue weighted by Crippen LogP contribution is -2.61. The summed E-state index contributed by atoms with van der Waals surface area (Å²) in [5.74, 6) is -0.0328. The summed E-state index contributed by atoms with van der Waals surface area (Å²) < 4.78 is 11.2. The summed E-state index contributed by atoms with van der Waals surface area (Å²) in [5, 5.41) is 56.5. The number of ether oxygens (including phenoxy) is 2. The molecular formula is C35H42ClN3O8. The Morgan fingerprint density at radius 1 is 1.04 bits per heavy atom. The third-order valence-electron chi connectivity index (χ3n) is 9.34. The van der Waals surface area contributed by atoms with Crippen molar-refractivity contribution in [3.8, 4) is 16.9 Å². The Kier molecular flexibility index (Phi) is 10.5. The Bertz CT molecular complexity index is 1550. The second-order valence-corrected chi connectivity index (χ2v) is 13.2. The molecule has 6 atom stereocenters. The van der Waals surface area contributed by atoms with E-state index in [9.17, 15) is 30.3 Å². The van der Waals surface area contributed by atoms with Crippen LogP contribution >= 0.6 is 11.6 Å². The largest absolute Gasteiger partial charge is 0.490 e. The number of nitrogens with one attached hydrogen (secondary N) is 2. The van der Waals surface area contributed by atoms with Crippen molar-refractivity contribution in [2.24, 2.45) is 0 Å². The van der Waals surface area contributed by atoms with Gasteiger partial charge in [0.1, 0.15) is 24.1 Å². The molecule has 1 amide bonds. The molecule has 2 aromatic carbocycles. The number of pyridine rings is 1. The predicted octanol–water partition coefficient (Wildman–Crippen LogP) is 2.49. The molecule has 7 N–H and O–H groups in total. The highest BCUT2D eigenvalue weighted by molar-refractivity contribution is 6.31. The van der Waals surface area contributed by atoms with E-state index in [0.717, 1.165) is 59.3 Å². The van der Waals surface area contributed by atoms with Gasteiger partial charge in [-0.15, -0.1) is 0 Å². The molecular weight excluding hydrogens is 626 g/mol. The van der Waals surface area contributed by atoms with Crippen LogP contribution in [0.4, 0.5) is 0 Å². The van der Waals surface area contributed by atoms with E-state index in [1.54, 1.807) is 0 Å². The molecule has 6 rings (SSSR count). The first kappa shape index (κ1) is 33.8. The third kappa shape index (κ3) is 7.63. The van der Waals surface area contributed by atoms with Crippen molar-refractivity contribution in [3.63, 3.8) is 0 Å². The Morgan fingerprint density at radius 3 is 2.57 bits per heavy atom. The molecule has 0 bridgehead atoms. The number of amides is 1. The number of halogens is 1. The van der Waals surface area contributed by atoms with Crippen molar-refractivity contribution >= 4 is 17.5 Å². The van der Waals surface area contributed by atoms with Gasteiger partial charge >= 0.3 is 0 Å². The number of aliphatic hydroxyl groups excluding tert-OH is 5. The normalized spacial score (nSPS) is 25.6. The number of aromatic nitrogens is 1. The summed E-state index contributed by atoms with van der Waals surface area (Å²) in [6, 6.07) is 16.0. The molecule has 3 aromatic rings. The highest BCUT2D eigenvalue weighted by Gasteiger charge is 2.47. The molecule has 1 saturated heterocycles. The molecule has 2 saturated carbocycles. The van der Waals surface area contributed by atoms with E-state index in [2.05, 4.69) is 27.8 Å². The Morgan fingerprint density at radius 2 is 1.83 bits per heavy atom. The van der Waals surface area contributed by atoms with E-state index in [1.807, 2.05) is 48.8 Å². The third-order valence-corrected chi connectivity index (χ3v) is 9.70. The van der Waals surface area contributed by atoms with Gasteiger partial charge in [-0.1, -0.05) is 41.9 Å². The van der Waals surface area contributed by atoms with Crippen LogP contribution < -0.4 is 15.4 Å². The van der Waals surface area contributed by atoms with Crippen LogP contribution in [0.15, 0.2) is 60.9 Å². The van der Waals surface area contributed by atoms with Crippen molar-refractivity contribution in [1.29, 1.82) is 0 Å². The second kappa shape index (κ2) is 14.6. The fourth-order valence-electron chi connectivity index (χ4n) is 6.18. The van der Waals surface area contributed by atoms with E-state index in [4.69, 9.17) is 21.1 Å². The topological polar surface area (TPSA) is 174 Å². The summed E-state index contributed by atoms with van der Waals surface area (Å²) in [6.07, 6.45) is 0.762. The van der Waals surface area contributed by atoms with E-state index < -0.39 is 36.6 Å². The van der Waals surface area contributed by atoms with Gasteiger partial charge in [-0.05, 0) is 79.0 Å². The van der Waals surface area contributed by atoms with Gasteiger partial charge in [0.2, 0.25) is 0 Å². The van der Waals surface area contributed by atoms with Gasteiger partial charge in [-0.25, -0.2) is 0 Å². The van der Waals surface area contributed by atoms with Gasteiger partial charge in [0, 0.05) is 54.1 Å². The summed E-state index contributed by atoms with van der Waals surface area (Å²) in [6.45, 7) is 0.628. The van der Waals surface area contributed by atoms with Gasteiger partial charge in [0.25, 0.3) is 5.91 Å². The average Bonchev–Trinajstić information content (AvgIpc) is 4.03. The second-order valence-electron chi connectivity index (χ2n) is 12.8. The molecule has 2 heterocycles. The van der Waals surface area contributed by atoms with Crippen molar-refractivity contribution < 1.29 is 39.8 Å². The minimum absolute atomic E-state index is 0.103. The minimum atomic E-state index is -1.79. The lowest BCUT2D eigenvalue weighted by Gasteiger charge is -2.37. The maximum Gasteiger partial charge on any atom is 0.252 e. The summed E-state index contributed by atoms with van der Waals surface area (Å²) >= 11 is 6.66. The van der Waals surface area contributed by atoms with E-state index >= 15 is 0 Å². The van der Waals surface area contributed by atoms with Crippen LogP contribution in [0.25, 0.3) is 11.1 Å². The smallest absolute Gasteiger partial charge is 0.252 e. The molecule has 6 unspecified atom stereocenters. The number of hydrogen-bond donors (Lipinski definition) is 7. The van der Waals surface area contributed by atoms with Gasteiger partial charge in [-0.3, -0.25) is 9.78 Å². The highest BCUT2D eigenvalue weighted by atomic mass is 35.5. The summed E-state index contributed by atoms with van der Waals surface area (Å²) in [7, 11) is 0. The summed E-state index contributed by atoms with van der Waals surface area (Å²) in [5.41, 5.74) is 4.87. The molecule has 1 aliphatic heterocycles. The van der Waals surface area contributed by atoms with Crippen LogP contribution in [-0.4, -0.2) is 86.4 Å². The maximum absolute atomic E-state index is 12.5. The Hall–Kier alpha value is -3.13. The first-order valence-corrected chi connectivity index (χ1v) is 16.6. The molecule has 47 heavy (non-hydrogen) atoms. The van der Waals surface area contributed by atoms with Crippen LogP contribution in [0.3, 0.4) is 0 Å². The van der Waals surface area contributed by atoms with Crippen LogP contribution in [0.5, 0.6) is 5.75 Å². The van der Waals surface area contributed by atoms with E-state index in [0.29, 0.717) is 24.4 Å². The number of carbonyl (C=O) groups is 1. The number of nitrogens with zero attached hydrogens (tertiary/aromatic N) is 1. The Labute approximate surface area is 278 Å². The number of para-hydroxylation sites is 1. The minimum Gasteiger partial charge on any atom is -0.490 e. The monoisotopic (exact) mass is 667 g/mol. The van der Waals surface area contributed by atoms with Crippen LogP contribution in [0.2, 0.25) is 5.02 Å². The molecule has 3 fully saturated rings. The molecule has 2 aliphatic carbocycles. The van der Waals surface area contributed by atoms with E-state index in [1.165, 1.54) is 0 Å². The number of aliphatic hydroxyl groups is 5. The first-order chi connectivity index (χ1) is 22.7. The highest BCUT2D eigenvalue weighted by Crippen LogP contribution is 2.50. The molecule has 252 valence electrons. The number of hydrogen-bond acceptors (Lipinski definition) is 10. The zero-order valence-corrected chi connectivity index (χ0v) is 26.7. The van der Waals surface area contributed by atoms with Crippen molar-refractivity contribution in [1.82, 2.24) is 15.6 Å². The number of benzene rings is 2. The van der Waals surface area contributed by atoms with Gasteiger partial charge in [0.05, 0.1) is 6.10 Å². The van der Waals surface area contributed by atoms with Crippen molar-refractivity contribution in [2.75, 3.05) is 13.2 Å². The molecule has 0 radical (unpaired) electrons. The van der Waals surface area contributed by atoms with Crippen molar-refractivity contribution in [3.05, 3.63) is 82.6 Å². The fourth-order valence-corrected chi connectivity index (χ4v) is 6.37. The number of carbonyl (C=O) groups excluding carboxylic acids is 1.